The van der Waals surface area contributed by atoms with Crippen molar-refractivity contribution in [2.45, 2.75) is 32.9 Å². The Kier molecular flexibility index (Phi) is 5.74. The minimum atomic E-state index is -0.333. The van der Waals surface area contributed by atoms with Crippen LogP contribution in [0.15, 0.2) is 18.2 Å². The van der Waals surface area contributed by atoms with Crippen LogP contribution in [0.25, 0.3) is 0 Å². The summed E-state index contributed by atoms with van der Waals surface area (Å²) in [6.07, 6.45) is -0.333. The highest BCUT2D eigenvalue weighted by molar-refractivity contribution is 6.42. The number of benzene rings is 1. The highest BCUT2D eigenvalue weighted by Gasteiger charge is 2.12. The van der Waals surface area contributed by atoms with Crippen molar-refractivity contribution >= 4 is 23.2 Å². The lowest BCUT2D eigenvalue weighted by molar-refractivity contribution is 0.120. The molecule has 0 radical (unpaired) electrons. The van der Waals surface area contributed by atoms with Crippen molar-refractivity contribution in [3.8, 4) is 0 Å². The third-order valence-corrected chi connectivity index (χ3v) is 3.59. The highest BCUT2D eigenvalue weighted by Crippen LogP contribution is 2.25. The number of rotatable bonds is 5. The van der Waals surface area contributed by atoms with Gasteiger partial charge in [0.25, 0.3) is 0 Å². The fourth-order valence-corrected chi connectivity index (χ4v) is 1.74. The molecule has 2 nitrogen and oxygen atoms in total. The van der Waals surface area contributed by atoms with Crippen LogP contribution in [0.4, 0.5) is 0 Å². The van der Waals surface area contributed by atoms with Crippen LogP contribution in [-0.4, -0.2) is 17.8 Å². The molecule has 2 atom stereocenters. The van der Waals surface area contributed by atoms with Crippen LogP contribution in [-0.2, 0) is 0 Å². The molecule has 0 saturated heterocycles. The van der Waals surface area contributed by atoms with Gasteiger partial charge in [-0.05, 0) is 30.5 Å². The van der Waals surface area contributed by atoms with Crippen LogP contribution < -0.4 is 5.32 Å². The van der Waals surface area contributed by atoms with E-state index in [4.69, 9.17) is 23.2 Å². The maximum Gasteiger partial charge on any atom is 0.0687 e. The predicted molar refractivity (Wildman–Crippen MR) is 73.7 cm³/mol. The van der Waals surface area contributed by atoms with Gasteiger partial charge in [0.2, 0.25) is 0 Å². The second-order valence-electron chi connectivity index (χ2n) is 4.61. The molecule has 0 saturated carbocycles. The lowest BCUT2D eigenvalue weighted by Gasteiger charge is -2.20. The number of aliphatic hydroxyl groups is 1. The average molecular weight is 276 g/mol. The molecule has 0 bridgehead atoms. The molecule has 0 aliphatic heterocycles. The Morgan fingerprint density at radius 3 is 2.35 bits per heavy atom. The molecule has 2 N–H and O–H groups in total. The van der Waals surface area contributed by atoms with Gasteiger partial charge in [-0.2, -0.15) is 0 Å². The summed E-state index contributed by atoms with van der Waals surface area (Å²) in [4.78, 5) is 0. The van der Waals surface area contributed by atoms with E-state index in [0.29, 0.717) is 16.6 Å². The summed E-state index contributed by atoms with van der Waals surface area (Å²) in [5.41, 5.74) is 1.07. The molecule has 0 heterocycles. The van der Waals surface area contributed by atoms with Gasteiger partial charge in [0.1, 0.15) is 0 Å². The first-order valence-corrected chi connectivity index (χ1v) is 6.53. The number of hydrogen-bond donors (Lipinski definition) is 2. The van der Waals surface area contributed by atoms with E-state index in [1.54, 1.807) is 6.07 Å². The summed E-state index contributed by atoms with van der Waals surface area (Å²) >= 11 is 11.8. The zero-order valence-electron chi connectivity index (χ0n) is 10.4. The first-order chi connectivity index (χ1) is 7.91. The standard InChI is InChI=1S/C13H19Cl2NO/c1-8(2)13(17)7-16-9(3)10-4-5-11(14)12(15)6-10/h4-6,8-9,13,16-17H,7H2,1-3H3. The van der Waals surface area contributed by atoms with E-state index >= 15 is 0 Å². The van der Waals surface area contributed by atoms with Crippen LogP contribution >= 0.6 is 23.2 Å². The van der Waals surface area contributed by atoms with Gasteiger partial charge >= 0.3 is 0 Å². The number of hydrogen-bond acceptors (Lipinski definition) is 2. The van der Waals surface area contributed by atoms with Crippen LogP contribution in [0.3, 0.4) is 0 Å². The maximum atomic E-state index is 9.71. The lowest BCUT2D eigenvalue weighted by Crippen LogP contribution is -2.32. The first kappa shape index (κ1) is 14.8. The van der Waals surface area contributed by atoms with E-state index in [2.05, 4.69) is 5.32 Å². The van der Waals surface area contributed by atoms with Gasteiger partial charge in [0.05, 0.1) is 16.1 Å². The smallest absolute Gasteiger partial charge is 0.0687 e. The Hall–Kier alpha value is -0.280. The van der Waals surface area contributed by atoms with Crippen molar-refractivity contribution in [1.29, 1.82) is 0 Å². The third kappa shape index (κ3) is 4.47. The zero-order chi connectivity index (χ0) is 13.0. The zero-order valence-corrected chi connectivity index (χ0v) is 11.9. The fraction of sp³-hybridized carbons (Fsp3) is 0.538. The van der Waals surface area contributed by atoms with Gasteiger partial charge in [0.15, 0.2) is 0 Å². The average Bonchev–Trinajstić information content (AvgIpc) is 2.28. The van der Waals surface area contributed by atoms with Gasteiger partial charge in [-0.25, -0.2) is 0 Å². The SMILES string of the molecule is CC(NCC(O)C(C)C)c1ccc(Cl)c(Cl)c1. The Morgan fingerprint density at radius 1 is 1.18 bits per heavy atom. The second kappa shape index (κ2) is 6.60. The largest absolute Gasteiger partial charge is 0.392 e. The Bertz CT molecular complexity index is 368. The maximum absolute atomic E-state index is 9.71. The van der Waals surface area contributed by atoms with Gasteiger partial charge in [-0.1, -0.05) is 43.1 Å². The number of nitrogens with one attached hydrogen (secondary N) is 1. The molecule has 0 aliphatic rings. The summed E-state index contributed by atoms with van der Waals surface area (Å²) in [6, 6.07) is 5.71. The van der Waals surface area contributed by atoms with Crippen molar-refractivity contribution in [2.24, 2.45) is 5.92 Å². The molecule has 0 amide bonds. The van der Waals surface area contributed by atoms with E-state index in [1.807, 2.05) is 32.9 Å². The van der Waals surface area contributed by atoms with Crippen LogP contribution in [0.1, 0.15) is 32.4 Å². The van der Waals surface area contributed by atoms with Gasteiger partial charge in [0, 0.05) is 12.6 Å². The van der Waals surface area contributed by atoms with Crippen molar-refractivity contribution in [2.75, 3.05) is 6.54 Å². The van der Waals surface area contributed by atoms with E-state index in [9.17, 15) is 5.11 Å². The lowest BCUT2D eigenvalue weighted by atomic mass is 10.1. The van der Waals surface area contributed by atoms with Crippen molar-refractivity contribution in [3.05, 3.63) is 33.8 Å². The van der Waals surface area contributed by atoms with E-state index in [-0.39, 0.29) is 18.1 Å². The molecular weight excluding hydrogens is 257 g/mol. The molecule has 1 aromatic carbocycles. The van der Waals surface area contributed by atoms with Gasteiger partial charge < -0.3 is 10.4 Å². The molecule has 0 aromatic heterocycles. The predicted octanol–water partition coefficient (Wildman–Crippen LogP) is 3.66. The normalized spacial score (nSPS) is 15.0. The minimum Gasteiger partial charge on any atom is -0.392 e. The number of aliphatic hydroxyl groups excluding tert-OH is 1. The summed E-state index contributed by atoms with van der Waals surface area (Å²) in [7, 11) is 0. The monoisotopic (exact) mass is 275 g/mol. The molecule has 0 spiro atoms. The van der Waals surface area contributed by atoms with Gasteiger partial charge in [-0.3, -0.25) is 0 Å². The van der Waals surface area contributed by atoms with Crippen LogP contribution in [0, 0.1) is 5.92 Å². The summed E-state index contributed by atoms with van der Waals surface area (Å²) in [5.74, 6) is 0.253. The Morgan fingerprint density at radius 2 is 1.82 bits per heavy atom. The molecule has 0 fully saturated rings. The van der Waals surface area contributed by atoms with E-state index < -0.39 is 0 Å². The highest BCUT2D eigenvalue weighted by atomic mass is 35.5. The van der Waals surface area contributed by atoms with E-state index in [1.165, 1.54) is 0 Å². The van der Waals surface area contributed by atoms with Crippen molar-refractivity contribution in [1.82, 2.24) is 5.32 Å². The molecule has 2 unspecified atom stereocenters. The quantitative estimate of drug-likeness (QED) is 0.860. The van der Waals surface area contributed by atoms with E-state index in [0.717, 1.165) is 5.56 Å². The third-order valence-electron chi connectivity index (χ3n) is 2.85. The van der Waals surface area contributed by atoms with Crippen LogP contribution in [0.5, 0.6) is 0 Å². The molecular formula is C13H19Cl2NO. The van der Waals surface area contributed by atoms with Gasteiger partial charge in [-0.15, -0.1) is 0 Å². The Labute approximate surface area is 113 Å². The molecule has 4 heteroatoms. The molecule has 96 valence electrons. The van der Waals surface area contributed by atoms with Crippen molar-refractivity contribution in [3.63, 3.8) is 0 Å². The molecule has 1 aromatic rings. The summed E-state index contributed by atoms with van der Waals surface area (Å²) in [6.45, 7) is 6.60. The van der Waals surface area contributed by atoms with Crippen molar-refractivity contribution < 1.29 is 5.11 Å². The molecule has 0 aliphatic carbocycles. The fourth-order valence-electron chi connectivity index (χ4n) is 1.43. The van der Waals surface area contributed by atoms with Crippen LogP contribution in [0.2, 0.25) is 10.0 Å². The minimum absolute atomic E-state index is 0.137. The Balaban J connectivity index is 2.58. The molecule has 1 rings (SSSR count). The second-order valence-corrected chi connectivity index (χ2v) is 5.43. The first-order valence-electron chi connectivity index (χ1n) is 5.78. The topological polar surface area (TPSA) is 32.3 Å². The number of halogens is 2. The summed E-state index contributed by atoms with van der Waals surface area (Å²) < 4.78 is 0. The summed E-state index contributed by atoms with van der Waals surface area (Å²) in [5, 5.41) is 14.1. The molecule has 17 heavy (non-hydrogen) atoms.